The van der Waals surface area contributed by atoms with Crippen LogP contribution in [0.1, 0.15) is 18.7 Å². The summed E-state index contributed by atoms with van der Waals surface area (Å²) in [6.45, 7) is 1.86. The highest BCUT2D eigenvalue weighted by Crippen LogP contribution is 2.07. The zero-order valence-corrected chi connectivity index (χ0v) is 6.61. The molecule has 0 fully saturated rings. The van der Waals surface area contributed by atoms with Gasteiger partial charge in [0, 0.05) is 6.04 Å². The highest BCUT2D eigenvalue weighted by atomic mass is 16.5. The highest BCUT2D eigenvalue weighted by Gasteiger charge is 2.00. The number of hydrogen-bond donors (Lipinski definition) is 1. The standard InChI is InChI=1S/C7H11N3O/c1-5(8)6-3-10-7(11-2)4-9-6/h3-5H,8H2,1-2H3/t5-/m1/s1. The van der Waals surface area contributed by atoms with Crippen LogP contribution in [0.15, 0.2) is 12.4 Å². The van der Waals surface area contributed by atoms with E-state index < -0.39 is 0 Å². The number of rotatable bonds is 2. The second kappa shape index (κ2) is 3.30. The molecule has 0 aliphatic rings. The van der Waals surface area contributed by atoms with E-state index in [9.17, 15) is 0 Å². The van der Waals surface area contributed by atoms with Gasteiger partial charge in [-0.25, -0.2) is 4.98 Å². The van der Waals surface area contributed by atoms with Crippen LogP contribution in [0.2, 0.25) is 0 Å². The molecule has 0 unspecified atom stereocenters. The fraction of sp³-hybridized carbons (Fsp3) is 0.429. The number of nitrogens with two attached hydrogens (primary N) is 1. The normalized spacial score (nSPS) is 12.6. The van der Waals surface area contributed by atoms with Crippen molar-refractivity contribution in [3.63, 3.8) is 0 Å². The molecule has 2 N–H and O–H groups in total. The van der Waals surface area contributed by atoms with Crippen molar-refractivity contribution < 1.29 is 4.74 Å². The smallest absolute Gasteiger partial charge is 0.231 e. The molecule has 1 heterocycles. The van der Waals surface area contributed by atoms with Crippen LogP contribution < -0.4 is 10.5 Å². The second-order valence-corrected chi connectivity index (χ2v) is 2.27. The lowest BCUT2D eigenvalue weighted by atomic mass is 10.3. The molecular formula is C7H11N3O. The lowest BCUT2D eigenvalue weighted by Crippen LogP contribution is -2.07. The Labute approximate surface area is 65.4 Å². The van der Waals surface area contributed by atoms with Gasteiger partial charge in [0.15, 0.2) is 0 Å². The molecule has 1 atom stereocenters. The highest BCUT2D eigenvalue weighted by molar-refractivity contribution is 5.08. The molecule has 0 bridgehead atoms. The third-order valence-electron chi connectivity index (χ3n) is 1.32. The van der Waals surface area contributed by atoms with E-state index in [1.165, 1.54) is 0 Å². The van der Waals surface area contributed by atoms with Gasteiger partial charge in [-0.2, -0.15) is 0 Å². The maximum Gasteiger partial charge on any atom is 0.231 e. The van der Waals surface area contributed by atoms with E-state index >= 15 is 0 Å². The fourth-order valence-corrected chi connectivity index (χ4v) is 0.667. The largest absolute Gasteiger partial charge is 0.480 e. The maximum absolute atomic E-state index is 5.56. The number of aromatic nitrogens is 2. The summed E-state index contributed by atoms with van der Waals surface area (Å²) in [5.74, 6) is 0.509. The number of ether oxygens (including phenoxy) is 1. The van der Waals surface area contributed by atoms with Crippen LogP contribution in [0.3, 0.4) is 0 Å². The summed E-state index contributed by atoms with van der Waals surface area (Å²) in [6.07, 6.45) is 3.17. The first kappa shape index (κ1) is 7.94. The van der Waals surface area contributed by atoms with Crippen LogP contribution in [0.25, 0.3) is 0 Å². The van der Waals surface area contributed by atoms with Crippen LogP contribution in [0.4, 0.5) is 0 Å². The Morgan fingerprint density at radius 2 is 2.18 bits per heavy atom. The molecule has 11 heavy (non-hydrogen) atoms. The van der Waals surface area contributed by atoms with Gasteiger partial charge in [-0.15, -0.1) is 0 Å². The zero-order valence-electron chi connectivity index (χ0n) is 6.61. The van der Waals surface area contributed by atoms with Crippen LogP contribution >= 0.6 is 0 Å². The first-order valence-electron chi connectivity index (χ1n) is 3.35. The van der Waals surface area contributed by atoms with E-state index in [1.807, 2.05) is 6.92 Å². The molecule has 1 aromatic rings. The lowest BCUT2D eigenvalue weighted by molar-refractivity contribution is 0.394. The summed E-state index contributed by atoms with van der Waals surface area (Å²) in [6, 6.07) is -0.0755. The molecule has 0 aliphatic carbocycles. The first-order chi connectivity index (χ1) is 5.24. The number of hydrogen-bond acceptors (Lipinski definition) is 4. The molecule has 1 aromatic heterocycles. The SMILES string of the molecule is COc1cnc([C@@H](C)N)cn1. The van der Waals surface area contributed by atoms with Crippen LogP contribution in [0.5, 0.6) is 5.88 Å². The third kappa shape index (κ3) is 1.88. The van der Waals surface area contributed by atoms with Gasteiger partial charge in [0.2, 0.25) is 5.88 Å². The van der Waals surface area contributed by atoms with Gasteiger partial charge in [-0.3, -0.25) is 4.98 Å². The van der Waals surface area contributed by atoms with Crippen molar-refractivity contribution in [2.45, 2.75) is 13.0 Å². The van der Waals surface area contributed by atoms with Gasteiger partial charge in [0.1, 0.15) is 0 Å². The Morgan fingerprint density at radius 3 is 2.55 bits per heavy atom. The molecule has 0 aromatic carbocycles. The summed E-state index contributed by atoms with van der Waals surface area (Å²) in [4.78, 5) is 7.99. The molecular weight excluding hydrogens is 142 g/mol. The fourth-order valence-electron chi connectivity index (χ4n) is 0.667. The molecule has 0 saturated heterocycles. The topological polar surface area (TPSA) is 61.0 Å². The summed E-state index contributed by atoms with van der Waals surface area (Å²) in [5, 5.41) is 0. The van der Waals surface area contributed by atoms with E-state index in [0.717, 1.165) is 5.69 Å². The van der Waals surface area contributed by atoms with Gasteiger partial charge in [-0.05, 0) is 6.92 Å². The molecule has 0 spiro atoms. The van der Waals surface area contributed by atoms with Gasteiger partial charge >= 0.3 is 0 Å². The molecule has 4 heteroatoms. The van der Waals surface area contributed by atoms with Crippen molar-refractivity contribution in [2.75, 3.05) is 7.11 Å². The van der Waals surface area contributed by atoms with Crippen LogP contribution in [-0.2, 0) is 0 Å². The third-order valence-corrected chi connectivity index (χ3v) is 1.32. The Bertz CT molecular complexity index is 220. The molecule has 0 saturated carbocycles. The average Bonchev–Trinajstić information content (AvgIpc) is 2.05. The number of nitrogens with zero attached hydrogens (tertiary/aromatic N) is 2. The van der Waals surface area contributed by atoms with Gasteiger partial charge in [-0.1, -0.05) is 0 Å². The molecule has 0 amide bonds. The van der Waals surface area contributed by atoms with Gasteiger partial charge in [0.25, 0.3) is 0 Å². The van der Waals surface area contributed by atoms with Crippen LogP contribution in [-0.4, -0.2) is 17.1 Å². The first-order valence-corrected chi connectivity index (χ1v) is 3.35. The van der Waals surface area contributed by atoms with Crippen molar-refractivity contribution in [1.29, 1.82) is 0 Å². The quantitative estimate of drug-likeness (QED) is 0.672. The predicted octanol–water partition coefficient (Wildman–Crippen LogP) is 0.505. The minimum Gasteiger partial charge on any atom is -0.480 e. The summed E-state index contributed by atoms with van der Waals surface area (Å²) in [5.41, 5.74) is 6.33. The monoisotopic (exact) mass is 153 g/mol. The van der Waals surface area contributed by atoms with E-state index in [-0.39, 0.29) is 6.04 Å². The van der Waals surface area contributed by atoms with Crippen molar-refractivity contribution in [2.24, 2.45) is 5.73 Å². The van der Waals surface area contributed by atoms with Crippen molar-refractivity contribution in [1.82, 2.24) is 9.97 Å². The molecule has 0 aliphatic heterocycles. The van der Waals surface area contributed by atoms with Gasteiger partial charge < -0.3 is 10.5 Å². The van der Waals surface area contributed by atoms with E-state index in [4.69, 9.17) is 10.5 Å². The summed E-state index contributed by atoms with van der Waals surface area (Å²) < 4.78 is 4.83. The molecule has 60 valence electrons. The Hall–Kier alpha value is -1.16. The summed E-state index contributed by atoms with van der Waals surface area (Å²) in [7, 11) is 1.55. The molecule has 0 radical (unpaired) electrons. The maximum atomic E-state index is 5.56. The summed E-state index contributed by atoms with van der Waals surface area (Å²) >= 11 is 0. The predicted molar refractivity (Wildman–Crippen MR) is 41.2 cm³/mol. The van der Waals surface area contributed by atoms with E-state index in [2.05, 4.69) is 9.97 Å². The van der Waals surface area contributed by atoms with E-state index in [1.54, 1.807) is 19.5 Å². The molecule has 4 nitrogen and oxygen atoms in total. The average molecular weight is 153 g/mol. The Balaban J connectivity index is 2.83. The second-order valence-electron chi connectivity index (χ2n) is 2.27. The minimum atomic E-state index is -0.0755. The van der Waals surface area contributed by atoms with Crippen molar-refractivity contribution >= 4 is 0 Å². The van der Waals surface area contributed by atoms with Crippen LogP contribution in [0, 0.1) is 0 Å². The Morgan fingerprint density at radius 1 is 1.45 bits per heavy atom. The number of methoxy groups -OCH3 is 1. The minimum absolute atomic E-state index is 0.0755. The Kier molecular flexibility index (Phi) is 2.38. The van der Waals surface area contributed by atoms with Crippen molar-refractivity contribution in [3.05, 3.63) is 18.1 Å². The lowest BCUT2D eigenvalue weighted by Gasteiger charge is -2.03. The van der Waals surface area contributed by atoms with Crippen molar-refractivity contribution in [3.8, 4) is 5.88 Å². The van der Waals surface area contributed by atoms with E-state index in [0.29, 0.717) is 5.88 Å². The molecule has 1 rings (SSSR count). The zero-order chi connectivity index (χ0) is 8.27. The van der Waals surface area contributed by atoms with Gasteiger partial charge in [0.05, 0.1) is 25.2 Å².